The fourth-order valence-electron chi connectivity index (χ4n) is 1.44. The molecule has 17 heavy (non-hydrogen) atoms. The van der Waals surface area contributed by atoms with Crippen molar-refractivity contribution < 1.29 is 4.79 Å². The Morgan fingerprint density at radius 3 is 2.59 bits per heavy atom. The second-order valence-electron chi connectivity index (χ2n) is 4.49. The van der Waals surface area contributed by atoms with Crippen LogP contribution in [0.2, 0.25) is 0 Å². The van der Waals surface area contributed by atoms with Gasteiger partial charge in [0.1, 0.15) is 5.82 Å². The van der Waals surface area contributed by atoms with Crippen LogP contribution in [0.5, 0.6) is 0 Å². The number of hydrogen-bond donors (Lipinski definition) is 1. The van der Waals surface area contributed by atoms with Crippen molar-refractivity contribution in [2.24, 2.45) is 5.92 Å². The highest BCUT2D eigenvalue weighted by Crippen LogP contribution is 2.19. The van der Waals surface area contributed by atoms with E-state index >= 15 is 0 Å². The Balaban J connectivity index is 3.00. The Kier molecular flexibility index (Phi) is 4.51. The largest absolute Gasteiger partial charge is 0.383 e. The van der Waals surface area contributed by atoms with Gasteiger partial charge in [0.15, 0.2) is 0 Å². The summed E-state index contributed by atoms with van der Waals surface area (Å²) in [6.07, 6.45) is 1.58. The minimum atomic E-state index is -0.0995. The summed E-state index contributed by atoms with van der Waals surface area (Å²) in [5.41, 5.74) is 6.16. The maximum absolute atomic E-state index is 12.2. The molecular formula is C12H18BrN3O. The molecule has 1 rings (SSSR count). The molecule has 4 nitrogen and oxygen atoms in total. The van der Waals surface area contributed by atoms with E-state index in [0.717, 1.165) is 4.47 Å². The van der Waals surface area contributed by atoms with Gasteiger partial charge in [-0.05, 0) is 34.8 Å². The highest BCUT2D eigenvalue weighted by Gasteiger charge is 2.22. The predicted octanol–water partition coefficient (Wildman–Crippen LogP) is 2.54. The van der Waals surface area contributed by atoms with Gasteiger partial charge in [-0.15, -0.1) is 0 Å². The molecule has 1 heterocycles. The number of carbonyl (C=O) groups is 1. The third-order valence-electron chi connectivity index (χ3n) is 3.01. The van der Waals surface area contributed by atoms with E-state index in [0.29, 0.717) is 11.5 Å². The Bertz CT molecular complexity index is 420. The van der Waals surface area contributed by atoms with Gasteiger partial charge in [0.05, 0.1) is 5.56 Å². The lowest BCUT2D eigenvalue weighted by atomic mass is 10.0. The maximum atomic E-state index is 12.2. The van der Waals surface area contributed by atoms with E-state index in [9.17, 15) is 4.79 Å². The number of nitrogens with zero attached hydrogens (tertiary/aromatic N) is 2. The van der Waals surface area contributed by atoms with Gasteiger partial charge >= 0.3 is 0 Å². The fraction of sp³-hybridized carbons (Fsp3) is 0.500. The van der Waals surface area contributed by atoms with Crippen LogP contribution in [0.25, 0.3) is 0 Å². The SMILES string of the molecule is CC(C)C(C)N(C)C(=O)c1cc(Br)cnc1N. The zero-order valence-corrected chi connectivity index (χ0v) is 12.2. The van der Waals surface area contributed by atoms with Gasteiger partial charge in [-0.3, -0.25) is 4.79 Å². The van der Waals surface area contributed by atoms with Crippen LogP contribution in [-0.2, 0) is 0 Å². The summed E-state index contributed by atoms with van der Waals surface area (Å²) in [4.78, 5) is 17.9. The highest BCUT2D eigenvalue weighted by molar-refractivity contribution is 9.10. The lowest BCUT2D eigenvalue weighted by molar-refractivity contribution is 0.0708. The molecule has 1 aromatic heterocycles. The molecule has 1 unspecified atom stereocenters. The molecule has 1 atom stereocenters. The van der Waals surface area contributed by atoms with Gasteiger partial charge in [-0.25, -0.2) is 4.98 Å². The van der Waals surface area contributed by atoms with E-state index in [2.05, 4.69) is 34.8 Å². The molecule has 2 N–H and O–H groups in total. The Morgan fingerprint density at radius 2 is 2.06 bits per heavy atom. The highest BCUT2D eigenvalue weighted by atomic mass is 79.9. The minimum absolute atomic E-state index is 0.0995. The normalized spacial score (nSPS) is 12.6. The van der Waals surface area contributed by atoms with E-state index < -0.39 is 0 Å². The number of nitrogens with two attached hydrogens (primary N) is 1. The number of anilines is 1. The number of amides is 1. The van der Waals surface area contributed by atoms with Crippen molar-refractivity contribution in [3.63, 3.8) is 0 Å². The summed E-state index contributed by atoms with van der Waals surface area (Å²) < 4.78 is 0.751. The first-order valence-electron chi connectivity index (χ1n) is 5.52. The van der Waals surface area contributed by atoms with Crippen molar-refractivity contribution >= 4 is 27.7 Å². The zero-order valence-electron chi connectivity index (χ0n) is 10.6. The van der Waals surface area contributed by atoms with Crippen LogP contribution in [0.4, 0.5) is 5.82 Å². The monoisotopic (exact) mass is 299 g/mol. The summed E-state index contributed by atoms with van der Waals surface area (Å²) in [6, 6.07) is 1.86. The molecular weight excluding hydrogens is 282 g/mol. The predicted molar refractivity (Wildman–Crippen MR) is 72.7 cm³/mol. The topological polar surface area (TPSA) is 59.2 Å². The van der Waals surface area contributed by atoms with Crippen LogP contribution in [0.1, 0.15) is 31.1 Å². The number of aromatic nitrogens is 1. The molecule has 1 amide bonds. The van der Waals surface area contributed by atoms with E-state index in [-0.39, 0.29) is 17.8 Å². The van der Waals surface area contributed by atoms with E-state index in [1.54, 1.807) is 24.2 Å². The first-order valence-corrected chi connectivity index (χ1v) is 6.32. The van der Waals surface area contributed by atoms with Crippen LogP contribution in [0, 0.1) is 5.92 Å². The van der Waals surface area contributed by atoms with Crippen LogP contribution in [0.15, 0.2) is 16.7 Å². The van der Waals surface area contributed by atoms with Crippen LogP contribution >= 0.6 is 15.9 Å². The van der Waals surface area contributed by atoms with Crippen LogP contribution < -0.4 is 5.73 Å². The average molecular weight is 300 g/mol. The number of carbonyl (C=O) groups excluding carboxylic acids is 1. The van der Waals surface area contributed by atoms with Gasteiger partial charge in [0, 0.05) is 23.8 Å². The van der Waals surface area contributed by atoms with Crippen LogP contribution in [-0.4, -0.2) is 28.9 Å². The summed E-state index contributed by atoms with van der Waals surface area (Å²) in [7, 11) is 1.79. The third kappa shape index (κ3) is 3.19. The third-order valence-corrected chi connectivity index (χ3v) is 3.45. The van der Waals surface area contributed by atoms with Crippen molar-refractivity contribution in [2.75, 3.05) is 12.8 Å². The van der Waals surface area contributed by atoms with Gasteiger partial charge in [-0.1, -0.05) is 13.8 Å². The zero-order chi connectivity index (χ0) is 13.2. The summed E-state index contributed by atoms with van der Waals surface area (Å²) in [5, 5.41) is 0. The van der Waals surface area contributed by atoms with Gasteiger partial charge in [0.2, 0.25) is 0 Å². The quantitative estimate of drug-likeness (QED) is 0.933. The van der Waals surface area contributed by atoms with Crippen molar-refractivity contribution in [2.45, 2.75) is 26.8 Å². The lowest BCUT2D eigenvalue weighted by Gasteiger charge is -2.28. The number of nitrogen functional groups attached to an aromatic ring is 1. The Hall–Kier alpha value is -1.10. The molecule has 0 aliphatic carbocycles. The van der Waals surface area contributed by atoms with Crippen molar-refractivity contribution in [1.82, 2.24) is 9.88 Å². The maximum Gasteiger partial charge on any atom is 0.257 e. The van der Waals surface area contributed by atoms with Crippen molar-refractivity contribution in [3.8, 4) is 0 Å². The first-order chi connectivity index (χ1) is 7.84. The molecule has 5 heteroatoms. The van der Waals surface area contributed by atoms with E-state index in [1.807, 2.05) is 6.92 Å². The molecule has 0 spiro atoms. The fourth-order valence-corrected chi connectivity index (χ4v) is 1.77. The van der Waals surface area contributed by atoms with Gasteiger partial charge in [0.25, 0.3) is 5.91 Å². The molecule has 0 aliphatic rings. The average Bonchev–Trinajstić information content (AvgIpc) is 2.29. The summed E-state index contributed by atoms with van der Waals surface area (Å²) >= 11 is 3.29. The second kappa shape index (κ2) is 5.49. The van der Waals surface area contributed by atoms with E-state index in [1.165, 1.54) is 0 Å². The van der Waals surface area contributed by atoms with Crippen LogP contribution in [0.3, 0.4) is 0 Å². The molecule has 0 aromatic carbocycles. The molecule has 0 aliphatic heterocycles. The van der Waals surface area contributed by atoms with Crippen molar-refractivity contribution in [3.05, 3.63) is 22.3 Å². The Morgan fingerprint density at radius 1 is 1.47 bits per heavy atom. The smallest absolute Gasteiger partial charge is 0.257 e. The number of pyridine rings is 1. The molecule has 94 valence electrons. The minimum Gasteiger partial charge on any atom is -0.383 e. The lowest BCUT2D eigenvalue weighted by Crippen LogP contribution is -2.38. The summed E-state index contributed by atoms with van der Waals surface area (Å²) in [6.45, 7) is 6.18. The molecule has 1 aromatic rings. The second-order valence-corrected chi connectivity index (χ2v) is 5.40. The number of halogens is 1. The molecule has 0 bridgehead atoms. The molecule has 0 radical (unpaired) electrons. The standard InChI is InChI=1S/C12H18BrN3O/c1-7(2)8(3)16(4)12(17)10-5-9(13)6-15-11(10)14/h5-8H,1-4H3,(H2,14,15). The van der Waals surface area contributed by atoms with Gasteiger partial charge < -0.3 is 10.6 Å². The van der Waals surface area contributed by atoms with Gasteiger partial charge in [-0.2, -0.15) is 0 Å². The molecule has 0 saturated heterocycles. The number of hydrogen-bond acceptors (Lipinski definition) is 3. The van der Waals surface area contributed by atoms with Crippen molar-refractivity contribution in [1.29, 1.82) is 0 Å². The first kappa shape index (κ1) is 14.0. The number of rotatable bonds is 3. The molecule has 0 saturated carbocycles. The summed E-state index contributed by atoms with van der Waals surface area (Å²) in [5.74, 6) is 0.559. The molecule has 0 fully saturated rings. The Labute approximate surface area is 110 Å². The van der Waals surface area contributed by atoms with E-state index in [4.69, 9.17) is 5.73 Å².